The van der Waals surface area contributed by atoms with Gasteiger partial charge in [-0.05, 0) is 26.0 Å². The fourth-order valence-corrected chi connectivity index (χ4v) is 1.51. The van der Waals surface area contributed by atoms with E-state index >= 15 is 0 Å². The van der Waals surface area contributed by atoms with Crippen LogP contribution in [-0.4, -0.2) is 11.7 Å². The molecule has 0 saturated carbocycles. The smallest absolute Gasteiger partial charge is 0.120 e. The van der Waals surface area contributed by atoms with Crippen LogP contribution in [0.15, 0.2) is 18.2 Å². The van der Waals surface area contributed by atoms with E-state index in [4.69, 9.17) is 0 Å². The van der Waals surface area contributed by atoms with Gasteiger partial charge in [-0.2, -0.15) is 0 Å². The molecule has 1 atom stereocenters. The van der Waals surface area contributed by atoms with Crippen molar-refractivity contribution in [3.8, 4) is 5.75 Å². The molecule has 1 fully saturated rings. The van der Waals surface area contributed by atoms with E-state index in [1.807, 2.05) is 19.1 Å². The van der Waals surface area contributed by atoms with Crippen molar-refractivity contribution in [3.05, 3.63) is 29.3 Å². The average Bonchev–Trinajstić information content (AvgIpc) is 1.93. The van der Waals surface area contributed by atoms with Gasteiger partial charge in [0.1, 0.15) is 5.75 Å². The number of aromatic hydroxyl groups is 1. The summed E-state index contributed by atoms with van der Waals surface area (Å²) in [4.78, 5) is 0. The molecule has 2 N–H and O–H groups in total. The van der Waals surface area contributed by atoms with E-state index in [2.05, 4.69) is 5.32 Å². The van der Waals surface area contributed by atoms with E-state index in [1.165, 1.54) is 5.56 Å². The molecular formula is C10H14ClNO. The maximum Gasteiger partial charge on any atom is 0.120 e. The van der Waals surface area contributed by atoms with Crippen molar-refractivity contribution < 1.29 is 5.11 Å². The Bertz CT molecular complexity index is 297. The van der Waals surface area contributed by atoms with E-state index in [0.717, 1.165) is 18.5 Å². The van der Waals surface area contributed by atoms with Crippen molar-refractivity contribution in [1.29, 1.82) is 0 Å². The lowest BCUT2D eigenvalue weighted by Crippen LogP contribution is -2.34. The molecule has 0 amide bonds. The van der Waals surface area contributed by atoms with Crippen molar-refractivity contribution in [2.24, 2.45) is 0 Å². The molecule has 0 aromatic heterocycles. The molecule has 13 heavy (non-hydrogen) atoms. The molecule has 3 heteroatoms. The molecule has 1 aromatic rings. The van der Waals surface area contributed by atoms with Crippen LogP contribution in [-0.2, 0) is 0 Å². The molecule has 1 saturated heterocycles. The topological polar surface area (TPSA) is 32.3 Å². The zero-order valence-corrected chi connectivity index (χ0v) is 8.40. The number of halogens is 1. The summed E-state index contributed by atoms with van der Waals surface area (Å²) in [6, 6.07) is 6.12. The standard InChI is InChI=1S/C10H13NO.ClH/c1-7-2-3-10(12)8(6-7)9-4-5-11-9;/h2-3,6,9,11-12H,4-5H2,1H3;1H/t9-;/m0./s1. The van der Waals surface area contributed by atoms with Crippen molar-refractivity contribution in [2.75, 3.05) is 6.54 Å². The van der Waals surface area contributed by atoms with Crippen LogP contribution in [0.3, 0.4) is 0 Å². The van der Waals surface area contributed by atoms with Gasteiger partial charge in [0.2, 0.25) is 0 Å². The molecule has 0 unspecified atom stereocenters. The van der Waals surface area contributed by atoms with Gasteiger partial charge in [-0.3, -0.25) is 0 Å². The van der Waals surface area contributed by atoms with Gasteiger partial charge >= 0.3 is 0 Å². The average molecular weight is 200 g/mol. The van der Waals surface area contributed by atoms with Gasteiger partial charge in [0.25, 0.3) is 0 Å². The van der Waals surface area contributed by atoms with Crippen molar-refractivity contribution in [2.45, 2.75) is 19.4 Å². The summed E-state index contributed by atoms with van der Waals surface area (Å²) < 4.78 is 0. The number of aryl methyl sites for hydroxylation is 1. The van der Waals surface area contributed by atoms with Gasteiger partial charge in [0.05, 0.1) is 0 Å². The van der Waals surface area contributed by atoms with E-state index in [-0.39, 0.29) is 12.4 Å². The van der Waals surface area contributed by atoms with E-state index < -0.39 is 0 Å². The van der Waals surface area contributed by atoms with Crippen LogP contribution >= 0.6 is 12.4 Å². The highest BCUT2D eigenvalue weighted by Crippen LogP contribution is 2.30. The maximum absolute atomic E-state index is 9.53. The number of benzene rings is 1. The van der Waals surface area contributed by atoms with Crippen LogP contribution in [0, 0.1) is 6.92 Å². The Labute approximate surface area is 84.4 Å². The highest BCUT2D eigenvalue weighted by Gasteiger charge is 2.20. The van der Waals surface area contributed by atoms with Gasteiger partial charge in [0, 0.05) is 11.6 Å². The second-order valence-corrected chi connectivity index (χ2v) is 3.36. The second kappa shape index (κ2) is 3.99. The SMILES string of the molecule is Cc1ccc(O)c([C@@H]2CCN2)c1.Cl. The Morgan fingerprint density at radius 1 is 1.46 bits per heavy atom. The van der Waals surface area contributed by atoms with Crippen LogP contribution in [0.2, 0.25) is 0 Å². The lowest BCUT2D eigenvalue weighted by molar-refractivity contribution is 0.364. The first kappa shape index (κ1) is 10.4. The Balaban J connectivity index is 0.000000845. The number of phenols is 1. The van der Waals surface area contributed by atoms with Crippen LogP contribution in [0.25, 0.3) is 0 Å². The Hall–Kier alpha value is -0.730. The summed E-state index contributed by atoms with van der Waals surface area (Å²) in [6.07, 6.45) is 1.14. The van der Waals surface area contributed by atoms with Crippen molar-refractivity contribution >= 4 is 12.4 Å². The highest BCUT2D eigenvalue weighted by atomic mass is 35.5. The highest BCUT2D eigenvalue weighted by molar-refractivity contribution is 5.85. The minimum Gasteiger partial charge on any atom is -0.508 e. The summed E-state index contributed by atoms with van der Waals surface area (Å²) in [5.41, 5.74) is 2.25. The van der Waals surface area contributed by atoms with E-state index in [1.54, 1.807) is 6.07 Å². The minimum absolute atomic E-state index is 0. The van der Waals surface area contributed by atoms with E-state index in [9.17, 15) is 5.11 Å². The van der Waals surface area contributed by atoms with Crippen LogP contribution < -0.4 is 5.32 Å². The summed E-state index contributed by atoms with van der Waals surface area (Å²) in [7, 11) is 0. The zero-order chi connectivity index (χ0) is 8.55. The summed E-state index contributed by atoms with van der Waals surface area (Å²) in [5.74, 6) is 0.415. The number of hydrogen-bond acceptors (Lipinski definition) is 2. The molecule has 0 spiro atoms. The fourth-order valence-electron chi connectivity index (χ4n) is 1.51. The number of phenolic OH excluding ortho intramolecular Hbond substituents is 1. The molecule has 1 heterocycles. The van der Waals surface area contributed by atoms with Gasteiger partial charge in [-0.25, -0.2) is 0 Å². The number of hydrogen-bond donors (Lipinski definition) is 2. The van der Waals surface area contributed by atoms with E-state index in [0.29, 0.717) is 11.8 Å². The molecular weight excluding hydrogens is 186 g/mol. The van der Waals surface area contributed by atoms with Crippen molar-refractivity contribution in [1.82, 2.24) is 5.32 Å². The normalized spacial score (nSPS) is 20.2. The molecule has 1 aromatic carbocycles. The molecule has 2 nitrogen and oxygen atoms in total. The number of rotatable bonds is 1. The first-order chi connectivity index (χ1) is 5.77. The first-order valence-corrected chi connectivity index (χ1v) is 4.30. The largest absolute Gasteiger partial charge is 0.508 e. The second-order valence-electron chi connectivity index (χ2n) is 3.36. The third-order valence-corrected chi connectivity index (χ3v) is 2.38. The van der Waals surface area contributed by atoms with Crippen LogP contribution in [0.1, 0.15) is 23.6 Å². The van der Waals surface area contributed by atoms with Gasteiger partial charge < -0.3 is 10.4 Å². The van der Waals surface area contributed by atoms with Gasteiger partial charge in [-0.1, -0.05) is 17.7 Å². The monoisotopic (exact) mass is 199 g/mol. The van der Waals surface area contributed by atoms with Crippen molar-refractivity contribution in [3.63, 3.8) is 0 Å². The fraction of sp³-hybridized carbons (Fsp3) is 0.400. The summed E-state index contributed by atoms with van der Waals surface area (Å²) in [5, 5.41) is 12.8. The maximum atomic E-state index is 9.53. The van der Waals surface area contributed by atoms with Gasteiger partial charge in [0.15, 0.2) is 0 Å². The zero-order valence-electron chi connectivity index (χ0n) is 7.58. The third kappa shape index (κ3) is 1.95. The Morgan fingerprint density at radius 3 is 2.69 bits per heavy atom. The molecule has 2 rings (SSSR count). The summed E-state index contributed by atoms with van der Waals surface area (Å²) in [6.45, 7) is 3.11. The predicted molar refractivity (Wildman–Crippen MR) is 55.5 cm³/mol. The van der Waals surface area contributed by atoms with Crippen LogP contribution in [0.4, 0.5) is 0 Å². The molecule has 0 radical (unpaired) electrons. The first-order valence-electron chi connectivity index (χ1n) is 4.30. The minimum atomic E-state index is 0. The molecule has 1 aliphatic heterocycles. The molecule has 1 aliphatic rings. The predicted octanol–water partition coefficient (Wildman–Crippen LogP) is 2.16. The third-order valence-electron chi connectivity index (χ3n) is 2.38. The Morgan fingerprint density at radius 2 is 2.15 bits per heavy atom. The van der Waals surface area contributed by atoms with Crippen LogP contribution in [0.5, 0.6) is 5.75 Å². The molecule has 72 valence electrons. The summed E-state index contributed by atoms with van der Waals surface area (Å²) >= 11 is 0. The molecule has 0 aliphatic carbocycles. The Kier molecular flexibility index (Phi) is 3.17. The lowest BCUT2D eigenvalue weighted by atomic mass is 9.96. The quantitative estimate of drug-likeness (QED) is 0.727. The molecule has 0 bridgehead atoms. The van der Waals surface area contributed by atoms with Gasteiger partial charge in [-0.15, -0.1) is 12.4 Å². The number of nitrogens with one attached hydrogen (secondary N) is 1. The lowest BCUT2D eigenvalue weighted by Gasteiger charge is -2.28.